The Hall–Kier alpha value is -3.07. The first-order valence-corrected chi connectivity index (χ1v) is 7.96. The van der Waals surface area contributed by atoms with Gasteiger partial charge in [0.1, 0.15) is 11.5 Å². The van der Waals surface area contributed by atoms with Crippen LogP contribution >= 0.6 is 0 Å². The minimum absolute atomic E-state index is 0.171. The lowest BCUT2D eigenvalue weighted by atomic mass is 10.1. The third-order valence-electron chi connectivity index (χ3n) is 4.23. The molecule has 0 atom stereocenters. The Balaban J connectivity index is 1.52. The van der Waals surface area contributed by atoms with E-state index in [2.05, 4.69) is 29.6 Å². The van der Waals surface area contributed by atoms with E-state index in [1.165, 1.54) is 28.3 Å². The molecule has 0 saturated carbocycles. The number of anilines is 1. The summed E-state index contributed by atoms with van der Waals surface area (Å²) >= 11 is 0. The predicted octanol–water partition coefficient (Wildman–Crippen LogP) is 4.81. The van der Waals surface area contributed by atoms with Gasteiger partial charge in [-0.05, 0) is 65.9 Å². The monoisotopic (exact) mass is 315 g/mol. The van der Waals surface area contributed by atoms with E-state index < -0.39 is 0 Å². The number of hydrogen-bond donors (Lipinski definition) is 1. The van der Waals surface area contributed by atoms with Gasteiger partial charge < -0.3 is 9.73 Å². The van der Waals surface area contributed by atoms with Crippen molar-refractivity contribution < 1.29 is 9.21 Å². The van der Waals surface area contributed by atoms with E-state index in [4.69, 9.17) is 4.42 Å². The van der Waals surface area contributed by atoms with E-state index in [0.29, 0.717) is 5.76 Å². The molecular formula is C21H17NO2. The minimum atomic E-state index is -0.171. The number of amides is 1. The Kier molecular flexibility index (Phi) is 3.54. The number of aryl methyl sites for hydroxylation is 1. The molecule has 0 aliphatic heterocycles. The van der Waals surface area contributed by atoms with Crippen LogP contribution in [0.2, 0.25) is 0 Å². The van der Waals surface area contributed by atoms with Crippen molar-refractivity contribution in [2.24, 2.45) is 0 Å². The van der Waals surface area contributed by atoms with Gasteiger partial charge >= 0.3 is 0 Å². The molecule has 0 saturated heterocycles. The van der Waals surface area contributed by atoms with Gasteiger partial charge in [0.05, 0.1) is 0 Å². The van der Waals surface area contributed by atoms with E-state index >= 15 is 0 Å². The first-order valence-electron chi connectivity index (χ1n) is 7.96. The fraction of sp³-hybridized carbons (Fsp3) is 0.0952. The molecule has 0 spiro atoms. The lowest BCUT2D eigenvalue weighted by Crippen LogP contribution is -2.07. The van der Waals surface area contributed by atoms with Gasteiger partial charge in [0.15, 0.2) is 0 Å². The first kappa shape index (κ1) is 14.5. The molecule has 1 aliphatic carbocycles. The van der Waals surface area contributed by atoms with Crippen LogP contribution in [0.5, 0.6) is 0 Å². The second-order valence-corrected chi connectivity index (χ2v) is 5.98. The summed E-state index contributed by atoms with van der Waals surface area (Å²) in [7, 11) is 0. The van der Waals surface area contributed by atoms with Crippen LogP contribution in [0.25, 0.3) is 17.2 Å². The van der Waals surface area contributed by atoms with Crippen molar-refractivity contribution in [2.75, 3.05) is 5.32 Å². The zero-order chi connectivity index (χ0) is 16.5. The molecule has 1 aliphatic rings. The smallest absolute Gasteiger partial charge is 0.248 e. The maximum Gasteiger partial charge on any atom is 0.248 e. The number of carbonyl (C=O) groups is 1. The zero-order valence-electron chi connectivity index (χ0n) is 13.4. The number of furan rings is 1. The molecule has 0 unspecified atom stereocenters. The van der Waals surface area contributed by atoms with Gasteiger partial charge in [-0.1, -0.05) is 30.3 Å². The number of rotatable bonds is 3. The van der Waals surface area contributed by atoms with Gasteiger partial charge in [-0.15, -0.1) is 0 Å². The van der Waals surface area contributed by atoms with Gasteiger partial charge in [0.2, 0.25) is 5.91 Å². The molecule has 1 aromatic heterocycles. The average Bonchev–Trinajstić information content (AvgIpc) is 3.16. The van der Waals surface area contributed by atoms with Crippen LogP contribution in [-0.4, -0.2) is 5.91 Å². The van der Waals surface area contributed by atoms with Crippen molar-refractivity contribution in [3.05, 3.63) is 83.3 Å². The van der Waals surface area contributed by atoms with Crippen molar-refractivity contribution in [1.82, 2.24) is 0 Å². The third-order valence-corrected chi connectivity index (χ3v) is 4.23. The van der Waals surface area contributed by atoms with E-state index in [0.717, 1.165) is 17.9 Å². The van der Waals surface area contributed by atoms with E-state index in [1.807, 2.05) is 37.3 Å². The Bertz CT molecular complexity index is 950. The third kappa shape index (κ3) is 2.76. The summed E-state index contributed by atoms with van der Waals surface area (Å²) in [5.74, 6) is 1.33. The molecule has 3 heteroatoms. The quantitative estimate of drug-likeness (QED) is 0.551. The lowest BCUT2D eigenvalue weighted by Gasteiger charge is -2.06. The highest BCUT2D eigenvalue weighted by Gasteiger charge is 2.18. The number of carbonyl (C=O) groups excluding carboxylic acids is 1. The molecule has 1 amide bonds. The molecule has 0 bridgehead atoms. The molecule has 0 fully saturated rings. The predicted molar refractivity (Wildman–Crippen MR) is 95.8 cm³/mol. The van der Waals surface area contributed by atoms with Crippen LogP contribution in [0.1, 0.15) is 22.6 Å². The van der Waals surface area contributed by atoms with Crippen LogP contribution in [0.15, 0.2) is 65.1 Å². The van der Waals surface area contributed by atoms with Gasteiger partial charge in [-0.25, -0.2) is 0 Å². The Morgan fingerprint density at radius 1 is 1.04 bits per heavy atom. The fourth-order valence-corrected chi connectivity index (χ4v) is 3.09. The Labute approximate surface area is 140 Å². The van der Waals surface area contributed by atoms with E-state index in [1.54, 1.807) is 6.08 Å². The van der Waals surface area contributed by atoms with Crippen LogP contribution in [0, 0.1) is 6.92 Å². The zero-order valence-corrected chi connectivity index (χ0v) is 13.4. The van der Waals surface area contributed by atoms with Crippen LogP contribution in [0.4, 0.5) is 5.69 Å². The second-order valence-electron chi connectivity index (χ2n) is 5.98. The summed E-state index contributed by atoms with van der Waals surface area (Å²) in [6, 6.07) is 18.2. The van der Waals surface area contributed by atoms with Crippen molar-refractivity contribution >= 4 is 17.7 Å². The maximum atomic E-state index is 12.1. The summed E-state index contributed by atoms with van der Waals surface area (Å²) in [4.78, 5) is 12.1. The van der Waals surface area contributed by atoms with E-state index in [9.17, 15) is 4.79 Å². The average molecular weight is 315 g/mol. The van der Waals surface area contributed by atoms with Gasteiger partial charge in [-0.3, -0.25) is 4.79 Å². The van der Waals surface area contributed by atoms with Gasteiger partial charge in [-0.2, -0.15) is 0 Å². The van der Waals surface area contributed by atoms with Crippen LogP contribution < -0.4 is 5.32 Å². The molecule has 1 heterocycles. The van der Waals surface area contributed by atoms with Crippen molar-refractivity contribution in [3.63, 3.8) is 0 Å². The molecule has 0 radical (unpaired) electrons. The molecule has 3 nitrogen and oxygen atoms in total. The van der Waals surface area contributed by atoms with Crippen LogP contribution in [0.3, 0.4) is 0 Å². The maximum absolute atomic E-state index is 12.1. The molecule has 4 rings (SSSR count). The highest BCUT2D eigenvalue weighted by molar-refractivity contribution is 6.02. The summed E-state index contributed by atoms with van der Waals surface area (Å²) in [6.07, 6.45) is 4.11. The van der Waals surface area contributed by atoms with Crippen molar-refractivity contribution in [3.8, 4) is 11.1 Å². The summed E-state index contributed by atoms with van der Waals surface area (Å²) in [5.41, 5.74) is 5.90. The summed E-state index contributed by atoms with van der Waals surface area (Å²) in [6.45, 7) is 1.87. The molecule has 24 heavy (non-hydrogen) atoms. The minimum Gasteiger partial charge on any atom is -0.462 e. The standard InChI is InChI=1S/C21H17NO2/c1-14-6-9-18(24-14)10-11-21(23)22-17-8-7-16-12-15-4-2-3-5-19(15)20(16)13-17/h2-11,13H,12H2,1H3,(H,22,23). The van der Waals surface area contributed by atoms with Crippen molar-refractivity contribution in [2.45, 2.75) is 13.3 Å². The molecule has 1 N–H and O–H groups in total. The molecular weight excluding hydrogens is 298 g/mol. The Morgan fingerprint density at radius 2 is 1.88 bits per heavy atom. The lowest BCUT2D eigenvalue weighted by molar-refractivity contribution is -0.111. The van der Waals surface area contributed by atoms with Crippen molar-refractivity contribution in [1.29, 1.82) is 0 Å². The fourth-order valence-electron chi connectivity index (χ4n) is 3.09. The largest absolute Gasteiger partial charge is 0.462 e. The number of nitrogens with one attached hydrogen (secondary N) is 1. The number of benzene rings is 2. The van der Waals surface area contributed by atoms with Gasteiger partial charge in [0.25, 0.3) is 0 Å². The molecule has 2 aromatic carbocycles. The van der Waals surface area contributed by atoms with Gasteiger partial charge in [0, 0.05) is 11.8 Å². The highest BCUT2D eigenvalue weighted by Crippen LogP contribution is 2.37. The number of fused-ring (bicyclic) bond motifs is 3. The first-order chi connectivity index (χ1) is 11.7. The number of hydrogen-bond acceptors (Lipinski definition) is 2. The summed E-state index contributed by atoms with van der Waals surface area (Å²) in [5, 5.41) is 2.91. The van der Waals surface area contributed by atoms with E-state index in [-0.39, 0.29) is 5.91 Å². The van der Waals surface area contributed by atoms with Crippen LogP contribution in [-0.2, 0) is 11.2 Å². The highest BCUT2D eigenvalue weighted by atomic mass is 16.3. The normalized spacial score (nSPS) is 12.2. The second kappa shape index (κ2) is 5.85. The molecule has 3 aromatic rings. The Morgan fingerprint density at radius 3 is 2.71 bits per heavy atom. The summed E-state index contributed by atoms with van der Waals surface area (Å²) < 4.78 is 5.42. The topological polar surface area (TPSA) is 42.2 Å². The molecule has 118 valence electrons. The SMILES string of the molecule is Cc1ccc(C=CC(=O)Nc2ccc3c(c2)-c2ccccc2C3)o1.